The number of esters is 1. The van der Waals surface area contributed by atoms with Crippen LogP contribution in [-0.2, 0) is 35.3 Å². The van der Waals surface area contributed by atoms with E-state index in [0.29, 0.717) is 5.56 Å². The minimum Gasteiger partial charge on any atom is -0.569 e. The summed E-state index contributed by atoms with van der Waals surface area (Å²) in [5, 5.41) is 20.4. The molecule has 0 fully saturated rings. The third-order valence-electron chi connectivity index (χ3n) is 6.18. The number of ether oxygens (including phenoxy) is 2. The van der Waals surface area contributed by atoms with Gasteiger partial charge in [-0.1, -0.05) is 36.8 Å². The van der Waals surface area contributed by atoms with Gasteiger partial charge in [-0.2, -0.15) is 18.3 Å². The number of aromatic nitrogens is 2. The van der Waals surface area contributed by atoms with Crippen LogP contribution < -0.4 is 4.72 Å². The van der Waals surface area contributed by atoms with Crippen LogP contribution >= 0.6 is 0 Å². The normalized spacial score (nSPS) is 12.8. The second-order valence-corrected chi connectivity index (χ2v) is 11.7. The highest BCUT2D eigenvalue weighted by Gasteiger charge is 2.35. The van der Waals surface area contributed by atoms with Gasteiger partial charge >= 0.3 is 18.2 Å². The molecule has 1 atom stereocenters. The highest BCUT2D eigenvalue weighted by atomic mass is 32.2. The molecule has 1 aromatic heterocycles. The molecule has 1 heterocycles. The van der Waals surface area contributed by atoms with Crippen LogP contribution in [0.2, 0.25) is 0 Å². The fourth-order valence-electron chi connectivity index (χ4n) is 3.83. The minimum atomic E-state index is -4.72. The summed E-state index contributed by atoms with van der Waals surface area (Å²) in [6, 6.07) is 11.8. The zero-order valence-corrected chi connectivity index (χ0v) is 26.3. The summed E-state index contributed by atoms with van der Waals surface area (Å²) in [7, 11) is -4.46. The number of rotatable bonds is 13. The summed E-state index contributed by atoms with van der Waals surface area (Å²) < 4.78 is 78.6. The molecule has 0 aliphatic heterocycles. The van der Waals surface area contributed by atoms with E-state index in [0.717, 1.165) is 33.5 Å². The molecule has 46 heavy (non-hydrogen) atoms. The van der Waals surface area contributed by atoms with Crippen molar-refractivity contribution in [3.05, 3.63) is 71.1 Å². The lowest BCUT2D eigenvalue weighted by Crippen LogP contribution is -2.41. The topological polar surface area (TPSA) is 167 Å². The van der Waals surface area contributed by atoms with E-state index < -0.39 is 52.9 Å². The summed E-state index contributed by atoms with van der Waals surface area (Å²) >= 11 is 0. The van der Waals surface area contributed by atoms with E-state index in [2.05, 4.69) is 10.4 Å². The van der Waals surface area contributed by atoms with Crippen molar-refractivity contribution in [1.29, 1.82) is 0 Å². The summed E-state index contributed by atoms with van der Waals surface area (Å²) in [4.78, 5) is 28.1. The van der Waals surface area contributed by atoms with Gasteiger partial charge in [0.15, 0.2) is 5.69 Å². The van der Waals surface area contributed by atoms with E-state index in [1.54, 1.807) is 49.8 Å². The van der Waals surface area contributed by atoms with Gasteiger partial charge in [-0.3, -0.25) is 9.63 Å². The molecule has 0 saturated heterocycles. The van der Waals surface area contributed by atoms with E-state index in [-0.39, 0.29) is 34.2 Å². The van der Waals surface area contributed by atoms with Gasteiger partial charge in [-0.15, -0.1) is 5.01 Å². The van der Waals surface area contributed by atoms with Crippen molar-refractivity contribution >= 4 is 22.1 Å². The summed E-state index contributed by atoms with van der Waals surface area (Å²) in [5.74, 6) is -0.559. The maximum absolute atomic E-state index is 13.5. The zero-order chi connectivity index (χ0) is 34.2. The average molecular weight is 671 g/mol. The Morgan fingerprint density at radius 3 is 2.30 bits per heavy atom. The lowest BCUT2D eigenvalue weighted by molar-refractivity contribution is -0.719. The Labute approximate surface area is 262 Å². The summed E-state index contributed by atoms with van der Waals surface area (Å²) in [6.07, 6.45) is -7.10. The molecule has 250 valence electrons. The smallest absolute Gasteiger partial charge is 0.435 e. The molecule has 0 aliphatic rings. The van der Waals surface area contributed by atoms with Crippen LogP contribution in [0.15, 0.2) is 64.8 Å². The molecule has 1 N–H and O–H groups in total. The maximum atomic E-state index is 13.5. The largest absolute Gasteiger partial charge is 0.569 e. The van der Waals surface area contributed by atoms with E-state index in [1.165, 1.54) is 19.1 Å². The van der Waals surface area contributed by atoms with E-state index in [9.17, 15) is 36.4 Å². The number of hydrogen-bond donors (Lipinski definition) is 1. The van der Waals surface area contributed by atoms with E-state index >= 15 is 0 Å². The molecule has 2 aromatic carbocycles. The molecule has 0 bridgehead atoms. The first kappa shape index (κ1) is 35.6. The van der Waals surface area contributed by atoms with Crippen LogP contribution in [-0.4, -0.2) is 65.7 Å². The highest BCUT2D eigenvalue weighted by molar-refractivity contribution is 7.90. The Balaban J connectivity index is 1.66. The number of hydrogen-bond acceptors (Lipinski definition) is 10. The average Bonchev–Trinajstić information content (AvgIpc) is 3.44. The van der Waals surface area contributed by atoms with Crippen molar-refractivity contribution in [2.24, 2.45) is 5.28 Å². The van der Waals surface area contributed by atoms with Crippen LogP contribution in [0, 0.1) is 12.1 Å². The Bertz CT molecular complexity index is 1640. The van der Waals surface area contributed by atoms with Gasteiger partial charge in [-0.05, 0) is 51.1 Å². The first-order valence-corrected chi connectivity index (χ1v) is 15.3. The lowest BCUT2D eigenvalue weighted by Gasteiger charge is -2.21. The molecule has 0 aliphatic carbocycles. The third-order valence-corrected chi connectivity index (χ3v) is 7.51. The van der Waals surface area contributed by atoms with Crippen molar-refractivity contribution in [3.8, 4) is 16.9 Å². The fraction of sp³-hybridized carbons (Fsp3) is 0.393. The number of aryl methyl sites for hydroxylation is 1. The Morgan fingerprint density at radius 2 is 1.74 bits per heavy atom. The van der Waals surface area contributed by atoms with Crippen molar-refractivity contribution in [2.75, 3.05) is 13.2 Å². The predicted molar refractivity (Wildman–Crippen MR) is 155 cm³/mol. The van der Waals surface area contributed by atoms with Crippen LogP contribution in [0.1, 0.15) is 45.4 Å². The Hall–Kier alpha value is -4.87. The molecule has 0 saturated carbocycles. The van der Waals surface area contributed by atoms with E-state index in [4.69, 9.17) is 14.3 Å². The number of nitrogens with one attached hydrogen (secondary N) is 1. The van der Waals surface area contributed by atoms with Crippen molar-refractivity contribution < 1.29 is 50.5 Å². The lowest BCUT2D eigenvalue weighted by atomic mass is 10.1. The number of sulfonamides is 1. The van der Waals surface area contributed by atoms with Crippen LogP contribution in [0.5, 0.6) is 0 Å². The monoisotopic (exact) mass is 670 g/mol. The molecule has 18 heteroatoms. The minimum absolute atomic E-state index is 0.0715. The molecule has 14 nitrogen and oxygen atoms in total. The quantitative estimate of drug-likeness (QED) is 0.0850. The molecule has 3 aromatic rings. The fourth-order valence-corrected chi connectivity index (χ4v) is 4.72. The molecule has 1 amide bonds. The summed E-state index contributed by atoms with van der Waals surface area (Å²) in [6.45, 7) is 7.37. The van der Waals surface area contributed by atoms with Crippen LogP contribution in [0.25, 0.3) is 16.9 Å². The molecule has 3 rings (SSSR count). The molecule has 0 spiro atoms. The number of hydrazine groups is 1. The SMILES string of the molecule is CCC(=O)OC(C)ON=[N+]([O-])N(CCOC(=O)NS(=O)(=O)c1ccc(-n2nc(C(F)(F)F)cc2-c2ccc(C)cc2)cc1)C(C)C. The van der Waals surface area contributed by atoms with Gasteiger partial charge in [0.25, 0.3) is 16.3 Å². The third kappa shape index (κ3) is 9.56. The maximum Gasteiger partial charge on any atom is 0.435 e. The van der Waals surface area contributed by atoms with Gasteiger partial charge in [0, 0.05) is 18.9 Å². The molecule has 1 unspecified atom stereocenters. The van der Waals surface area contributed by atoms with Crippen LogP contribution in [0.4, 0.5) is 18.0 Å². The Morgan fingerprint density at radius 1 is 1.11 bits per heavy atom. The molecular weight excluding hydrogens is 637 g/mol. The van der Waals surface area contributed by atoms with Gasteiger partial charge in [0.1, 0.15) is 13.2 Å². The number of halogens is 3. The number of carbonyl (C=O) groups excluding carboxylic acids is 2. The highest BCUT2D eigenvalue weighted by Crippen LogP contribution is 2.33. The Kier molecular flexibility index (Phi) is 11.6. The first-order chi connectivity index (χ1) is 21.5. The number of nitrogens with zero attached hydrogens (tertiary/aromatic N) is 5. The standard InChI is InChI=1S/C28H33F3N6O8S/c1-6-26(38)44-20(5)45-34-37(40)35(18(2)3)15-16-43-27(39)33-46(41,42)23-13-11-22(12-14-23)36-24(17-25(32-36)28(29,30)31)21-9-7-19(4)8-10-21/h7-14,17-18,20H,6,15-16H2,1-5H3,(H,33,39). The second-order valence-electron chi connectivity index (χ2n) is 10.0. The second kappa shape index (κ2) is 14.9. The molecule has 0 radical (unpaired) electrons. The van der Waals surface area contributed by atoms with Crippen LogP contribution in [0.3, 0.4) is 0 Å². The van der Waals surface area contributed by atoms with Gasteiger partial charge < -0.3 is 14.7 Å². The first-order valence-electron chi connectivity index (χ1n) is 13.9. The van der Waals surface area contributed by atoms with Crippen molar-refractivity contribution in [1.82, 2.24) is 19.5 Å². The predicted octanol–water partition coefficient (Wildman–Crippen LogP) is 5.10. The molecular formula is C28H33F3N6O8S. The van der Waals surface area contributed by atoms with E-state index in [1.807, 2.05) is 6.92 Å². The number of benzene rings is 2. The summed E-state index contributed by atoms with van der Waals surface area (Å²) in [5.41, 5.74) is 0.494. The van der Waals surface area contributed by atoms with Crippen molar-refractivity contribution in [2.45, 2.75) is 64.4 Å². The van der Waals surface area contributed by atoms with Crippen molar-refractivity contribution in [3.63, 3.8) is 0 Å². The number of alkyl halides is 3. The number of carbonyl (C=O) groups is 2. The number of amides is 1. The van der Waals surface area contributed by atoms with Gasteiger partial charge in [0.2, 0.25) is 5.28 Å². The zero-order valence-electron chi connectivity index (χ0n) is 25.5. The van der Waals surface area contributed by atoms with Gasteiger partial charge in [-0.25, -0.2) is 22.6 Å². The van der Waals surface area contributed by atoms with Gasteiger partial charge in [0.05, 0.1) is 27.3 Å².